The smallest absolute Gasteiger partial charge is 0.253 e. The zero-order valence-corrected chi connectivity index (χ0v) is 12.0. The summed E-state index contributed by atoms with van der Waals surface area (Å²) in [7, 11) is 0. The Morgan fingerprint density at radius 1 is 1.23 bits per heavy atom. The lowest BCUT2D eigenvalue weighted by Crippen LogP contribution is -2.30. The first kappa shape index (κ1) is 14.1. The predicted octanol–water partition coefficient (Wildman–Crippen LogP) is 2.25. The van der Waals surface area contributed by atoms with Crippen molar-refractivity contribution in [1.82, 2.24) is 9.88 Å². The number of carbonyl (C=O) groups excluding carboxylic acids is 1. The molecule has 1 saturated heterocycles. The van der Waals surface area contributed by atoms with Crippen molar-refractivity contribution in [2.75, 3.05) is 13.1 Å². The van der Waals surface area contributed by atoms with Gasteiger partial charge in [-0.15, -0.1) is 0 Å². The Morgan fingerprint density at radius 2 is 1.95 bits per heavy atom. The van der Waals surface area contributed by atoms with Gasteiger partial charge in [0.2, 0.25) is 0 Å². The molecule has 1 aromatic heterocycles. The highest BCUT2D eigenvalue weighted by molar-refractivity contribution is 5.94. The van der Waals surface area contributed by atoms with Crippen molar-refractivity contribution in [3.8, 4) is 11.8 Å². The summed E-state index contributed by atoms with van der Waals surface area (Å²) in [6.45, 7) is 1.25. The van der Waals surface area contributed by atoms with Gasteiger partial charge in [0.25, 0.3) is 5.91 Å². The van der Waals surface area contributed by atoms with E-state index in [1.54, 1.807) is 41.6 Å². The molecule has 1 amide bonds. The number of benzene rings is 1. The lowest BCUT2D eigenvalue weighted by molar-refractivity contribution is 0.0772. The van der Waals surface area contributed by atoms with E-state index in [9.17, 15) is 4.79 Å². The predicted molar refractivity (Wildman–Crippen MR) is 80.3 cm³/mol. The first-order valence-electron chi connectivity index (χ1n) is 7.12. The fraction of sp³-hybridized carbons (Fsp3) is 0.235. The standard InChI is InChI=1S/C17H15N3O2/c18-11-13-1-3-14(4-2-13)17(21)20-10-7-16(12-20)22-15-5-8-19-9-6-15/h1-6,8-9,16H,7,10,12H2. The minimum Gasteiger partial charge on any atom is -0.488 e. The van der Waals surface area contributed by atoms with Gasteiger partial charge < -0.3 is 9.64 Å². The Hall–Kier alpha value is -2.87. The molecule has 1 unspecified atom stereocenters. The molecule has 1 aliphatic rings. The van der Waals surface area contributed by atoms with Crippen molar-refractivity contribution in [2.45, 2.75) is 12.5 Å². The Balaban J connectivity index is 1.62. The van der Waals surface area contributed by atoms with E-state index < -0.39 is 0 Å². The summed E-state index contributed by atoms with van der Waals surface area (Å²) >= 11 is 0. The lowest BCUT2D eigenvalue weighted by Gasteiger charge is -2.17. The number of nitrogens with zero attached hydrogens (tertiary/aromatic N) is 3. The second-order valence-electron chi connectivity index (χ2n) is 5.15. The van der Waals surface area contributed by atoms with Crippen LogP contribution in [-0.4, -0.2) is 35.0 Å². The fourth-order valence-electron chi connectivity index (χ4n) is 2.49. The number of likely N-dealkylation sites (tertiary alicyclic amines) is 1. The summed E-state index contributed by atoms with van der Waals surface area (Å²) in [5, 5.41) is 8.79. The van der Waals surface area contributed by atoms with E-state index in [1.807, 2.05) is 18.2 Å². The van der Waals surface area contributed by atoms with Gasteiger partial charge in [-0.25, -0.2) is 0 Å². The van der Waals surface area contributed by atoms with Crippen LogP contribution in [0.3, 0.4) is 0 Å². The number of aromatic nitrogens is 1. The van der Waals surface area contributed by atoms with E-state index in [0.29, 0.717) is 24.2 Å². The highest BCUT2D eigenvalue weighted by atomic mass is 16.5. The minimum absolute atomic E-state index is 0.00438. The molecule has 5 heteroatoms. The van der Waals surface area contributed by atoms with Crippen LogP contribution in [0.15, 0.2) is 48.8 Å². The summed E-state index contributed by atoms with van der Waals surface area (Å²) in [5.74, 6) is 0.748. The van der Waals surface area contributed by atoms with Gasteiger partial charge in [0, 0.05) is 30.9 Å². The Kier molecular flexibility index (Phi) is 4.01. The molecule has 2 aromatic rings. The first-order valence-corrected chi connectivity index (χ1v) is 7.12. The molecule has 0 saturated carbocycles. The SMILES string of the molecule is N#Cc1ccc(C(=O)N2CCC(Oc3ccncc3)C2)cc1. The quantitative estimate of drug-likeness (QED) is 0.870. The second kappa shape index (κ2) is 6.27. The monoisotopic (exact) mass is 293 g/mol. The van der Waals surface area contributed by atoms with Crippen LogP contribution in [0.5, 0.6) is 5.75 Å². The van der Waals surface area contributed by atoms with E-state index in [-0.39, 0.29) is 12.0 Å². The molecular weight excluding hydrogens is 278 g/mol. The number of pyridine rings is 1. The van der Waals surface area contributed by atoms with Gasteiger partial charge in [-0.2, -0.15) is 5.26 Å². The molecule has 5 nitrogen and oxygen atoms in total. The molecule has 0 bridgehead atoms. The summed E-state index contributed by atoms with van der Waals surface area (Å²) in [6, 6.07) is 12.4. The number of ether oxygens (including phenoxy) is 1. The zero-order valence-electron chi connectivity index (χ0n) is 12.0. The van der Waals surface area contributed by atoms with Crippen LogP contribution in [0.25, 0.3) is 0 Å². The van der Waals surface area contributed by atoms with Crippen LogP contribution >= 0.6 is 0 Å². The van der Waals surface area contributed by atoms with Gasteiger partial charge in [0.05, 0.1) is 18.2 Å². The summed E-state index contributed by atoms with van der Waals surface area (Å²) in [4.78, 5) is 18.2. The van der Waals surface area contributed by atoms with Crippen LogP contribution in [0.2, 0.25) is 0 Å². The number of rotatable bonds is 3. The minimum atomic E-state index is -0.0229. The molecule has 1 fully saturated rings. The Morgan fingerprint density at radius 3 is 2.64 bits per heavy atom. The van der Waals surface area contributed by atoms with Crippen molar-refractivity contribution >= 4 is 5.91 Å². The first-order chi connectivity index (χ1) is 10.8. The van der Waals surface area contributed by atoms with Gasteiger partial charge in [-0.05, 0) is 36.4 Å². The number of hydrogen-bond donors (Lipinski definition) is 0. The fourth-order valence-corrected chi connectivity index (χ4v) is 2.49. The van der Waals surface area contributed by atoms with Crippen LogP contribution < -0.4 is 4.74 Å². The van der Waals surface area contributed by atoms with Gasteiger partial charge in [-0.1, -0.05) is 0 Å². The van der Waals surface area contributed by atoms with Crippen LogP contribution in [0.1, 0.15) is 22.3 Å². The normalized spacial score (nSPS) is 17.0. The second-order valence-corrected chi connectivity index (χ2v) is 5.15. The molecule has 3 rings (SSSR count). The molecule has 1 aliphatic heterocycles. The third-order valence-electron chi connectivity index (χ3n) is 3.65. The maximum absolute atomic E-state index is 12.4. The van der Waals surface area contributed by atoms with Crippen molar-refractivity contribution in [3.05, 3.63) is 59.9 Å². The highest BCUT2D eigenvalue weighted by Crippen LogP contribution is 2.19. The molecule has 1 atom stereocenters. The molecular formula is C17H15N3O2. The van der Waals surface area contributed by atoms with Crippen LogP contribution in [-0.2, 0) is 0 Å². The molecule has 2 heterocycles. The topological polar surface area (TPSA) is 66.2 Å². The number of hydrogen-bond acceptors (Lipinski definition) is 4. The van der Waals surface area contributed by atoms with E-state index >= 15 is 0 Å². The van der Waals surface area contributed by atoms with E-state index in [4.69, 9.17) is 10.00 Å². The number of carbonyl (C=O) groups is 1. The number of amides is 1. The summed E-state index contributed by atoms with van der Waals surface area (Å²) < 4.78 is 5.85. The lowest BCUT2D eigenvalue weighted by atomic mass is 10.1. The molecule has 0 radical (unpaired) electrons. The van der Waals surface area contributed by atoms with Crippen LogP contribution in [0.4, 0.5) is 0 Å². The van der Waals surface area contributed by atoms with Gasteiger partial charge in [0.1, 0.15) is 11.9 Å². The molecule has 0 N–H and O–H groups in total. The Labute approximate surface area is 128 Å². The van der Waals surface area contributed by atoms with E-state index in [2.05, 4.69) is 4.98 Å². The largest absolute Gasteiger partial charge is 0.488 e. The molecule has 22 heavy (non-hydrogen) atoms. The zero-order chi connectivity index (χ0) is 15.4. The van der Waals surface area contributed by atoms with Crippen molar-refractivity contribution in [1.29, 1.82) is 5.26 Å². The van der Waals surface area contributed by atoms with Gasteiger partial charge in [-0.3, -0.25) is 9.78 Å². The maximum atomic E-state index is 12.4. The van der Waals surface area contributed by atoms with Gasteiger partial charge in [0.15, 0.2) is 0 Å². The van der Waals surface area contributed by atoms with Crippen molar-refractivity contribution in [2.24, 2.45) is 0 Å². The molecule has 0 aliphatic carbocycles. The number of nitriles is 1. The maximum Gasteiger partial charge on any atom is 0.253 e. The molecule has 0 spiro atoms. The summed E-state index contributed by atoms with van der Waals surface area (Å²) in [6.07, 6.45) is 4.18. The third kappa shape index (κ3) is 3.07. The molecule has 110 valence electrons. The van der Waals surface area contributed by atoms with Crippen molar-refractivity contribution in [3.63, 3.8) is 0 Å². The third-order valence-corrected chi connectivity index (χ3v) is 3.65. The van der Waals surface area contributed by atoms with Crippen molar-refractivity contribution < 1.29 is 9.53 Å². The van der Waals surface area contributed by atoms with Gasteiger partial charge >= 0.3 is 0 Å². The van der Waals surface area contributed by atoms with E-state index in [0.717, 1.165) is 12.2 Å². The van der Waals surface area contributed by atoms with Crippen LogP contribution in [0, 0.1) is 11.3 Å². The average molecular weight is 293 g/mol. The molecule has 1 aromatic carbocycles. The highest BCUT2D eigenvalue weighted by Gasteiger charge is 2.28. The average Bonchev–Trinajstić information content (AvgIpc) is 3.04. The Bertz CT molecular complexity index is 692. The van der Waals surface area contributed by atoms with E-state index in [1.165, 1.54) is 0 Å². The summed E-state index contributed by atoms with van der Waals surface area (Å²) in [5.41, 5.74) is 1.15.